The number of likely N-dealkylation sites (tertiary alicyclic amines) is 1. The van der Waals surface area contributed by atoms with E-state index in [4.69, 9.17) is 10.5 Å². The van der Waals surface area contributed by atoms with Crippen LogP contribution in [0.1, 0.15) is 38.3 Å². The van der Waals surface area contributed by atoms with Crippen molar-refractivity contribution in [3.8, 4) is 5.75 Å². The van der Waals surface area contributed by atoms with Crippen LogP contribution >= 0.6 is 0 Å². The molecule has 20 heavy (non-hydrogen) atoms. The van der Waals surface area contributed by atoms with Crippen molar-refractivity contribution in [2.24, 2.45) is 11.7 Å². The lowest BCUT2D eigenvalue weighted by Crippen LogP contribution is -2.34. The maximum atomic E-state index is 12.1. The SMILES string of the molecule is CCC(C)N1CC(C(N)c2ccc(OC)cc2)CC1=O. The highest BCUT2D eigenvalue weighted by Gasteiger charge is 2.35. The summed E-state index contributed by atoms with van der Waals surface area (Å²) in [6, 6.07) is 8.01. The van der Waals surface area contributed by atoms with Crippen molar-refractivity contribution in [2.45, 2.75) is 38.8 Å². The van der Waals surface area contributed by atoms with Gasteiger partial charge in [-0.25, -0.2) is 0 Å². The van der Waals surface area contributed by atoms with E-state index in [0.29, 0.717) is 12.5 Å². The third-order valence-corrected chi connectivity index (χ3v) is 4.32. The molecule has 3 unspecified atom stereocenters. The fourth-order valence-electron chi connectivity index (χ4n) is 2.75. The molecule has 1 saturated heterocycles. The van der Waals surface area contributed by atoms with E-state index in [9.17, 15) is 4.79 Å². The lowest BCUT2D eigenvalue weighted by Gasteiger charge is -2.25. The molecule has 1 amide bonds. The Morgan fingerprint density at radius 3 is 2.60 bits per heavy atom. The molecule has 1 heterocycles. The Bertz CT molecular complexity index is 458. The maximum Gasteiger partial charge on any atom is 0.223 e. The molecule has 4 nitrogen and oxygen atoms in total. The summed E-state index contributed by atoms with van der Waals surface area (Å²) in [6.45, 7) is 4.97. The third kappa shape index (κ3) is 2.96. The Balaban J connectivity index is 2.06. The van der Waals surface area contributed by atoms with Crippen molar-refractivity contribution in [3.05, 3.63) is 29.8 Å². The minimum atomic E-state index is -0.0982. The third-order valence-electron chi connectivity index (χ3n) is 4.32. The van der Waals surface area contributed by atoms with Gasteiger partial charge in [-0.1, -0.05) is 19.1 Å². The summed E-state index contributed by atoms with van der Waals surface area (Å²) in [5.74, 6) is 1.25. The van der Waals surface area contributed by atoms with Crippen LogP contribution in [0.2, 0.25) is 0 Å². The second kappa shape index (κ2) is 6.27. The van der Waals surface area contributed by atoms with Crippen LogP contribution in [-0.4, -0.2) is 30.5 Å². The van der Waals surface area contributed by atoms with Gasteiger partial charge in [0, 0.05) is 31.0 Å². The minimum absolute atomic E-state index is 0.0982. The van der Waals surface area contributed by atoms with Crippen LogP contribution < -0.4 is 10.5 Å². The minimum Gasteiger partial charge on any atom is -0.497 e. The van der Waals surface area contributed by atoms with Gasteiger partial charge in [0.05, 0.1) is 7.11 Å². The van der Waals surface area contributed by atoms with Crippen molar-refractivity contribution in [2.75, 3.05) is 13.7 Å². The second-order valence-electron chi connectivity index (χ2n) is 5.57. The lowest BCUT2D eigenvalue weighted by atomic mass is 9.93. The van der Waals surface area contributed by atoms with Crippen LogP contribution in [0.4, 0.5) is 0 Å². The van der Waals surface area contributed by atoms with E-state index in [-0.39, 0.29) is 17.9 Å². The van der Waals surface area contributed by atoms with Crippen molar-refractivity contribution in [3.63, 3.8) is 0 Å². The molecule has 3 atom stereocenters. The summed E-state index contributed by atoms with van der Waals surface area (Å²) in [4.78, 5) is 14.0. The number of methoxy groups -OCH3 is 1. The smallest absolute Gasteiger partial charge is 0.223 e. The predicted octanol–water partition coefficient (Wildman–Crippen LogP) is 2.34. The molecule has 0 radical (unpaired) electrons. The fourth-order valence-corrected chi connectivity index (χ4v) is 2.75. The number of hydrogen-bond donors (Lipinski definition) is 1. The number of carbonyl (C=O) groups excluding carboxylic acids is 1. The highest BCUT2D eigenvalue weighted by molar-refractivity contribution is 5.79. The van der Waals surface area contributed by atoms with Crippen molar-refractivity contribution in [1.29, 1.82) is 0 Å². The molecule has 2 rings (SSSR count). The molecule has 110 valence electrons. The van der Waals surface area contributed by atoms with E-state index in [0.717, 1.165) is 24.3 Å². The van der Waals surface area contributed by atoms with Crippen LogP contribution in [0.25, 0.3) is 0 Å². The molecule has 0 aromatic heterocycles. The lowest BCUT2D eigenvalue weighted by molar-refractivity contribution is -0.129. The van der Waals surface area contributed by atoms with E-state index in [2.05, 4.69) is 13.8 Å². The van der Waals surface area contributed by atoms with Gasteiger partial charge in [-0.3, -0.25) is 4.79 Å². The van der Waals surface area contributed by atoms with Crippen molar-refractivity contribution in [1.82, 2.24) is 4.90 Å². The van der Waals surface area contributed by atoms with Crippen molar-refractivity contribution >= 4 is 5.91 Å². The normalized spacial score (nSPS) is 21.9. The first kappa shape index (κ1) is 14.9. The number of nitrogens with zero attached hydrogens (tertiary/aromatic N) is 1. The summed E-state index contributed by atoms with van der Waals surface area (Å²) >= 11 is 0. The van der Waals surface area contributed by atoms with Gasteiger partial charge in [-0.15, -0.1) is 0 Å². The van der Waals surface area contributed by atoms with E-state index in [1.807, 2.05) is 29.2 Å². The van der Waals surface area contributed by atoms with Crippen LogP contribution in [0.15, 0.2) is 24.3 Å². The average Bonchev–Trinajstić information content (AvgIpc) is 2.87. The number of benzene rings is 1. The molecular weight excluding hydrogens is 252 g/mol. The first-order valence-corrected chi connectivity index (χ1v) is 7.25. The highest BCUT2D eigenvalue weighted by atomic mass is 16.5. The van der Waals surface area contributed by atoms with Crippen LogP contribution in [0.5, 0.6) is 5.75 Å². The summed E-state index contributed by atoms with van der Waals surface area (Å²) in [5.41, 5.74) is 7.40. The van der Waals surface area contributed by atoms with Crippen LogP contribution in [0, 0.1) is 5.92 Å². The predicted molar refractivity (Wildman–Crippen MR) is 79.5 cm³/mol. The Hall–Kier alpha value is -1.55. The number of rotatable bonds is 5. The Morgan fingerprint density at radius 1 is 1.40 bits per heavy atom. The van der Waals surface area contributed by atoms with Crippen LogP contribution in [-0.2, 0) is 4.79 Å². The summed E-state index contributed by atoms with van der Waals surface area (Å²) in [7, 11) is 1.65. The zero-order valence-corrected chi connectivity index (χ0v) is 12.5. The molecule has 2 N–H and O–H groups in total. The van der Waals surface area contributed by atoms with Gasteiger partial charge in [0.15, 0.2) is 0 Å². The molecule has 0 spiro atoms. The summed E-state index contributed by atoms with van der Waals surface area (Å²) < 4.78 is 5.15. The zero-order valence-electron chi connectivity index (χ0n) is 12.5. The van der Waals surface area contributed by atoms with E-state index < -0.39 is 0 Å². The molecule has 4 heteroatoms. The van der Waals surface area contributed by atoms with Gasteiger partial charge in [0.2, 0.25) is 5.91 Å². The highest BCUT2D eigenvalue weighted by Crippen LogP contribution is 2.31. The fraction of sp³-hybridized carbons (Fsp3) is 0.562. The molecule has 1 aromatic rings. The molecule has 1 aliphatic heterocycles. The van der Waals surface area contributed by atoms with E-state index in [1.165, 1.54) is 0 Å². The van der Waals surface area contributed by atoms with Crippen molar-refractivity contribution < 1.29 is 9.53 Å². The van der Waals surface area contributed by atoms with Gasteiger partial charge in [0.1, 0.15) is 5.75 Å². The number of amides is 1. The average molecular weight is 276 g/mol. The molecule has 0 aliphatic carbocycles. The molecule has 1 aromatic carbocycles. The second-order valence-corrected chi connectivity index (χ2v) is 5.57. The van der Waals surface area contributed by atoms with E-state index in [1.54, 1.807) is 7.11 Å². The summed E-state index contributed by atoms with van der Waals surface area (Å²) in [5, 5.41) is 0. The first-order chi connectivity index (χ1) is 9.56. The number of ether oxygens (including phenoxy) is 1. The zero-order chi connectivity index (χ0) is 14.7. The standard InChI is InChI=1S/C16H24N2O2/c1-4-11(2)18-10-13(9-15(18)19)16(17)12-5-7-14(20-3)8-6-12/h5-8,11,13,16H,4,9-10,17H2,1-3H3. The molecule has 0 saturated carbocycles. The maximum absolute atomic E-state index is 12.1. The number of hydrogen-bond acceptors (Lipinski definition) is 3. The van der Waals surface area contributed by atoms with Gasteiger partial charge in [-0.2, -0.15) is 0 Å². The van der Waals surface area contributed by atoms with Crippen LogP contribution in [0.3, 0.4) is 0 Å². The largest absolute Gasteiger partial charge is 0.497 e. The van der Waals surface area contributed by atoms with Gasteiger partial charge in [-0.05, 0) is 31.0 Å². The quantitative estimate of drug-likeness (QED) is 0.898. The van der Waals surface area contributed by atoms with E-state index >= 15 is 0 Å². The van der Waals surface area contributed by atoms with Gasteiger partial charge < -0.3 is 15.4 Å². The summed E-state index contributed by atoms with van der Waals surface area (Å²) in [6.07, 6.45) is 1.54. The Morgan fingerprint density at radius 2 is 2.05 bits per heavy atom. The molecule has 1 aliphatic rings. The first-order valence-electron chi connectivity index (χ1n) is 7.25. The number of nitrogens with two attached hydrogens (primary N) is 1. The monoisotopic (exact) mass is 276 g/mol. The van der Waals surface area contributed by atoms with Gasteiger partial charge >= 0.3 is 0 Å². The molecule has 0 bridgehead atoms. The Kier molecular flexibility index (Phi) is 4.65. The molecular formula is C16H24N2O2. The van der Waals surface area contributed by atoms with Gasteiger partial charge in [0.25, 0.3) is 0 Å². The Labute approximate surface area is 120 Å². The molecule has 1 fully saturated rings. The number of carbonyl (C=O) groups is 1. The topological polar surface area (TPSA) is 55.6 Å².